The summed E-state index contributed by atoms with van der Waals surface area (Å²) in [6, 6.07) is 0. The first-order chi connectivity index (χ1) is 5.66. The highest BCUT2D eigenvalue weighted by atomic mass is 32.2. The summed E-state index contributed by atoms with van der Waals surface area (Å²) in [5.41, 5.74) is 0. The minimum atomic E-state index is -0.838. The zero-order chi connectivity index (χ0) is 9.40. The molecule has 0 fully saturated rings. The SMILES string of the molecule is CCSC(=O)/C=C/CCC(=O)O. The monoisotopic (exact) mass is 188 g/mol. The second-order valence-electron chi connectivity index (χ2n) is 2.09. The van der Waals surface area contributed by atoms with Crippen LogP contribution in [0.3, 0.4) is 0 Å². The number of hydrogen-bond acceptors (Lipinski definition) is 3. The second-order valence-corrected chi connectivity index (χ2v) is 3.36. The summed E-state index contributed by atoms with van der Waals surface area (Å²) in [6.07, 6.45) is 3.53. The fraction of sp³-hybridized carbons (Fsp3) is 0.500. The van der Waals surface area contributed by atoms with Crippen LogP contribution in [0.4, 0.5) is 0 Å². The van der Waals surface area contributed by atoms with Gasteiger partial charge in [0.2, 0.25) is 5.12 Å². The highest BCUT2D eigenvalue weighted by Crippen LogP contribution is 2.02. The number of carboxylic acid groups (broad SMARTS) is 1. The van der Waals surface area contributed by atoms with E-state index < -0.39 is 5.97 Å². The average Bonchev–Trinajstić information content (AvgIpc) is 1.98. The third-order valence-corrected chi connectivity index (χ3v) is 1.77. The average molecular weight is 188 g/mol. The van der Waals surface area contributed by atoms with Gasteiger partial charge in [0.15, 0.2) is 0 Å². The zero-order valence-corrected chi connectivity index (χ0v) is 7.76. The van der Waals surface area contributed by atoms with Crippen LogP contribution in [0.1, 0.15) is 19.8 Å². The molecule has 0 aromatic heterocycles. The number of carbonyl (C=O) groups excluding carboxylic acids is 1. The van der Waals surface area contributed by atoms with Crippen LogP contribution in [-0.2, 0) is 9.59 Å². The van der Waals surface area contributed by atoms with E-state index in [2.05, 4.69) is 0 Å². The number of carboxylic acids is 1. The van der Waals surface area contributed by atoms with Gasteiger partial charge in [-0.1, -0.05) is 24.8 Å². The minimum absolute atomic E-state index is 0.0112. The van der Waals surface area contributed by atoms with Crippen LogP contribution < -0.4 is 0 Å². The van der Waals surface area contributed by atoms with Crippen molar-refractivity contribution in [3.8, 4) is 0 Å². The summed E-state index contributed by atoms with van der Waals surface area (Å²) < 4.78 is 0. The summed E-state index contributed by atoms with van der Waals surface area (Å²) >= 11 is 1.22. The molecule has 68 valence electrons. The van der Waals surface area contributed by atoms with E-state index in [9.17, 15) is 9.59 Å². The molecule has 0 atom stereocenters. The highest BCUT2D eigenvalue weighted by Gasteiger charge is 1.95. The van der Waals surface area contributed by atoms with Crippen molar-refractivity contribution in [2.75, 3.05) is 5.75 Å². The van der Waals surface area contributed by atoms with E-state index in [1.807, 2.05) is 6.92 Å². The summed E-state index contributed by atoms with van der Waals surface area (Å²) in [4.78, 5) is 20.9. The quantitative estimate of drug-likeness (QED) is 0.667. The lowest BCUT2D eigenvalue weighted by Gasteiger charge is -1.88. The second kappa shape index (κ2) is 6.91. The molecule has 0 aliphatic heterocycles. The molecular formula is C8H12O3S. The Morgan fingerprint density at radius 2 is 2.17 bits per heavy atom. The molecule has 1 N–H and O–H groups in total. The van der Waals surface area contributed by atoms with Gasteiger partial charge in [0.1, 0.15) is 0 Å². The Balaban J connectivity index is 3.48. The number of allylic oxidation sites excluding steroid dienone is 1. The number of rotatable bonds is 5. The van der Waals surface area contributed by atoms with Gasteiger partial charge >= 0.3 is 5.97 Å². The molecule has 0 aromatic rings. The molecule has 4 heteroatoms. The van der Waals surface area contributed by atoms with Crippen LogP contribution in [-0.4, -0.2) is 21.9 Å². The first-order valence-electron chi connectivity index (χ1n) is 3.72. The van der Waals surface area contributed by atoms with Gasteiger partial charge in [-0.2, -0.15) is 0 Å². The number of carbonyl (C=O) groups is 2. The molecule has 0 bridgehead atoms. The summed E-state index contributed by atoms with van der Waals surface area (Å²) in [6.45, 7) is 1.90. The van der Waals surface area contributed by atoms with E-state index in [-0.39, 0.29) is 11.5 Å². The first-order valence-corrected chi connectivity index (χ1v) is 4.70. The van der Waals surface area contributed by atoms with Crippen LogP contribution >= 0.6 is 11.8 Å². The predicted octanol–water partition coefficient (Wildman–Crippen LogP) is 1.69. The molecular weight excluding hydrogens is 176 g/mol. The van der Waals surface area contributed by atoms with Crippen molar-refractivity contribution in [1.82, 2.24) is 0 Å². The molecule has 0 heterocycles. The minimum Gasteiger partial charge on any atom is -0.481 e. The molecule has 0 radical (unpaired) electrons. The van der Waals surface area contributed by atoms with Crippen LogP contribution in [0.15, 0.2) is 12.2 Å². The van der Waals surface area contributed by atoms with Crippen molar-refractivity contribution in [1.29, 1.82) is 0 Å². The highest BCUT2D eigenvalue weighted by molar-refractivity contribution is 8.14. The van der Waals surface area contributed by atoms with Gasteiger partial charge in [-0.25, -0.2) is 0 Å². The van der Waals surface area contributed by atoms with Crippen LogP contribution in [0.2, 0.25) is 0 Å². The Kier molecular flexibility index (Phi) is 6.47. The van der Waals surface area contributed by atoms with Crippen molar-refractivity contribution in [2.24, 2.45) is 0 Å². The van der Waals surface area contributed by atoms with Gasteiger partial charge in [0.05, 0.1) is 0 Å². The van der Waals surface area contributed by atoms with Gasteiger partial charge < -0.3 is 5.11 Å². The Labute approximate surface area is 75.8 Å². The van der Waals surface area contributed by atoms with Gasteiger partial charge in [-0.05, 0) is 18.2 Å². The fourth-order valence-corrected chi connectivity index (χ4v) is 1.05. The summed E-state index contributed by atoms with van der Waals surface area (Å²) in [5, 5.41) is 8.25. The van der Waals surface area contributed by atoms with E-state index in [1.165, 1.54) is 17.8 Å². The lowest BCUT2D eigenvalue weighted by molar-refractivity contribution is -0.136. The maximum absolute atomic E-state index is 10.8. The van der Waals surface area contributed by atoms with E-state index in [0.29, 0.717) is 6.42 Å². The Morgan fingerprint density at radius 1 is 1.50 bits per heavy atom. The topological polar surface area (TPSA) is 54.4 Å². The van der Waals surface area contributed by atoms with Crippen molar-refractivity contribution in [3.05, 3.63) is 12.2 Å². The third kappa shape index (κ3) is 7.34. The Hall–Kier alpha value is -0.770. The summed E-state index contributed by atoms with van der Waals surface area (Å²) in [7, 11) is 0. The Bertz CT molecular complexity index is 187. The van der Waals surface area contributed by atoms with E-state index in [4.69, 9.17) is 5.11 Å². The predicted molar refractivity (Wildman–Crippen MR) is 49.1 cm³/mol. The van der Waals surface area contributed by atoms with E-state index >= 15 is 0 Å². The smallest absolute Gasteiger partial charge is 0.303 e. The molecule has 12 heavy (non-hydrogen) atoms. The first kappa shape index (κ1) is 11.2. The Morgan fingerprint density at radius 3 is 2.67 bits per heavy atom. The van der Waals surface area contributed by atoms with E-state index in [1.54, 1.807) is 6.08 Å². The molecule has 0 amide bonds. The molecule has 0 aromatic carbocycles. The van der Waals surface area contributed by atoms with Crippen molar-refractivity contribution in [3.63, 3.8) is 0 Å². The van der Waals surface area contributed by atoms with Crippen molar-refractivity contribution in [2.45, 2.75) is 19.8 Å². The maximum Gasteiger partial charge on any atom is 0.303 e. The van der Waals surface area contributed by atoms with Crippen molar-refractivity contribution < 1.29 is 14.7 Å². The number of hydrogen-bond donors (Lipinski definition) is 1. The van der Waals surface area contributed by atoms with Crippen LogP contribution in [0, 0.1) is 0 Å². The molecule has 0 aliphatic rings. The summed E-state index contributed by atoms with van der Waals surface area (Å²) in [5.74, 6) is -0.0857. The third-order valence-electron chi connectivity index (χ3n) is 1.07. The molecule has 0 spiro atoms. The van der Waals surface area contributed by atoms with Gasteiger partial charge in [0.25, 0.3) is 0 Å². The van der Waals surface area contributed by atoms with Crippen LogP contribution in [0.25, 0.3) is 0 Å². The van der Waals surface area contributed by atoms with E-state index in [0.717, 1.165) is 5.75 Å². The largest absolute Gasteiger partial charge is 0.481 e. The fourth-order valence-electron chi connectivity index (χ4n) is 0.577. The maximum atomic E-state index is 10.8. The molecule has 0 saturated carbocycles. The standard InChI is InChI=1S/C8H12O3S/c1-2-12-8(11)6-4-3-5-7(9)10/h4,6H,2-3,5H2,1H3,(H,9,10)/b6-4+. The van der Waals surface area contributed by atoms with Gasteiger partial charge in [0, 0.05) is 6.42 Å². The molecule has 0 unspecified atom stereocenters. The number of thioether (sulfide) groups is 1. The molecule has 3 nitrogen and oxygen atoms in total. The number of aliphatic carboxylic acids is 1. The normalized spacial score (nSPS) is 10.4. The van der Waals surface area contributed by atoms with Gasteiger partial charge in [-0.3, -0.25) is 9.59 Å². The molecule has 0 saturated heterocycles. The lowest BCUT2D eigenvalue weighted by Crippen LogP contribution is -1.92. The van der Waals surface area contributed by atoms with Crippen LogP contribution in [0.5, 0.6) is 0 Å². The van der Waals surface area contributed by atoms with Gasteiger partial charge in [-0.15, -0.1) is 0 Å². The zero-order valence-electron chi connectivity index (χ0n) is 6.95. The molecule has 0 rings (SSSR count). The lowest BCUT2D eigenvalue weighted by atomic mass is 10.3. The molecule has 0 aliphatic carbocycles. The van der Waals surface area contributed by atoms with Crippen molar-refractivity contribution >= 4 is 22.8 Å².